The molecule has 0 atom stereocenters. The fraction of sp³-hybridized carbons (Fsp3) is 0.364. The summed E-state index contributed by atoms with van der Waals surface area (Å²) in [5.74, 6) is -0.270. The van der Waals surface area contributed by atoms with Crippen LogP contribution < -0.4 is 0 Å². The third-order valence-corrected chi connectivity index (χ3v) is 1.41. The van der Waals surface area contributed by atoms with Crippen LogP contribution in [0.1, 0.15) is 31.1 Å². The maximum absolute atomic E-state index is 11.4. The molecule has 0 saturated heterocycles. The molecule has 1 rings (SSSR count). The number of esters is 1. The standard InChI is InChI=1S/C11H14O2.Sn/c1-11(2,3)13-10(12)9-7-5-4-6-8-9;/h4-8H,1-3H3;. The van der Waals surface area contributed by atoms with Gasteiger partial charge in [0.1, 0.15) is 5.60 Å². The van der Waals surface area contributed by atoms with Gasteiger partial charge >= 0.3 is 5.97 Å². The van der Waals surface area contributed by atoms with Crippen molar-refractivity contribution in [3.63, 3.8) is 0 Å². The van der Waals surface area contributed by atoms with E-state index in [1.54, 1.807) is 12.1 Å². The van der Waals surface area contributed by atoms with Crippen molar-refractivity contribution in [2.45, 2.75) is 26.4 Å². The molecule has 0 amide bonds. The third-order valence-electron chi connectivity index (χ3n) is 1.41. The normalized spacial score (nSPS) is 10.2. The topological polar surface area (TPSA) is 26.3 Å². The Morgan fingerprint density at radius 1 is 1.14 bits per heavy atom. The minimum atomic E-state index is -0.424. The van der Waals surface area contributed by atoms with Gasteiger partial charge in [-0.1, -0.05) is 18.2 Å². The Balaban J connectivity index is 0.00000169. The predicted octanol–water partition coefficient (Wildman–Crippen LogP) is 2.26. The minimum Gasteiger partial charge on any atom is -0.456 e. The maximum atomic E-state index is 11.4. The van der Waals surface area contributed by atoms with Gasteiger partial charge in [0, 0.05) is 23.9 Å². The predicted molar refractivity (Wildman–Crippen MR) is 57.4 cm³/mol. The second-order valence-corrected chi connectivity index (χ2v) is 3.87. The molecular weight excluding hydrogens is 283 g/mol. The summed E-state index contributed by atoms with van der Waals surface area (Å²) >= 11 is 0. The first-order chi connectivity index (χ1) is 5.99. The molecule has 0 aliphatic carbocycles. The first-order valence-electron chi connectivity index (χ1n) is 4.27. The molecule has 0 saturated carbocycles. The molecule has 0 N–H and O–H groups in total. The summed E-state index contributed by atoms with van der Waals surface area (Å²) in [6.07, 6.45) is 0. The van der Waals surface area contributed by atoms with Gasteiger partial charge in [0.25, 0.3) is 0 Å². The van der Waals surface area contributed by atoms with E-state index >= 15 is 0 Å². The van der Waals surface area contributed by atoms with Crippen LogP contribution in [0.5, 0.6) is 0 Å². The van der Waals surface area contributed by atoms with Crippen LogP contribution in [0, 0.1) is 0 Å². The summed E-state index contributed by atoms with van der Waals surface area (Å²) in [7, 11) is 0. The Morgan fingerprint density at radius 3 is 2.07 bits per heavy atom. The van der Waals surface area contributed by atoms with Crippen LogP contribution in [0.15, 0.2) is 30.3 Å². The van der Waals surface area contributed by atoms with Gasteiger partial charge in [0.2, 0.25) is 0 Å². The average Bonchev–Trinajstić information content (AvgIpc) is 2.03. The number of benzene rings is 1. The number of ether oxygens (including phenoxy) is 1. The monoisotopic (exact) mass is 298 g/mol. The van der Waals surface area contributed by atoms with Crippen LogP contribution >= 0.6 is 0 Å². The van der Waals surface area contributed by atoms with Crippen molar-refractivity contribution in [2.75, 3.05) is 0 Å². The third kappa shape index (κ3) is 4.65. The molecule has 0 heterocycles. The Morgan fingerprint density at radius 2 is 1.64 bits per heavy atom. The first kappa shape index (κ1) is 13.5. The van der Waals surface area contributed by atoms with Gasteiger partial charge < -0.3 is 4.74 Å². The Labute approximate surface area is 102 Å². The molecule has 4 radical (unpaired) electrons. The van der Waals surface area contributed by atoms with E-state index in [1.807, 2.05) is 39.0 Å². The second kappa shape index (κ2) is 5.39. The molecule has 0 fully saturated rings. The molecule has 0 aromatic heterocycles. The zero-order valence-corrected chi connectivity index (χ0v) is 11.6. The van der Waals surface area contributed by atoms with Gasteiger partial charge in [-0.3, -0.25) is 0 Å². The van der Waals surface area contributed by atoms with Crippen LogP contribution in [0.2, 0.25) is 0 Å². The molecule has 14 heavy (non-hydrogen) atoms. The van der Waals surface area contributed by atoms with Gasteiger partial charge in [-0.25, -0.2) is 4.79 Å². The van der Waals surface area contributed by atoms with Crippen molar-refractivity contribution < 1.29 is 9.53 Å². The van der Waals surface area contributed by atoms with Gasteiger partial charge in [0.05, 0.1) is 5.56 Å². The number of rotatable bonds is 1. The van der Waals surface area contributed by atoms with Crippen molar-refractivity contribution in [3.05, 3.63) is 35.9 Å². The van der Waals surface area contributed by atoms with Crippen LogP contribution in [0.4, 0.5) is 0 Å². The summed E-state index contributed by atoms with van der Waals surface area (Å²) in [4.78, 5) is 11.4. The van der Waals surface area contributed by atoms with E-state index in [9.17, 15) is 4.79 Å². The summed E-state index contributed by atoms with van der Waals surface area (Å²) in [5, 5.41) is 0. The van der Waals surface area contributed by atoms with E-state index in [-0.39, 0.29) is 29.9 Å². The molecule has 1 aromatic rings. The van der Waals surface area contributed by atoms with Crippen molar-refractivity contribution in [2.24, 2.45) is 0 Å². The van der Waals surface area contributed by atoms with E-state index in [0.29, 0.717) is 5.56 Å². The van der Waals surface area contributed by atoms with Crippen molar-refractivity contribution in [1.82, 2.24) is 0 Å². The van der Waals surface area contributed by atoms with E-state index in [0.717, 1.165) is 0 Å². The summed E-state index contributed by atoms with van der Waals surface area (Å²) in [6, 6.07) is 8.99. The smallest absolute Gasteiger partial charge is 0.338 e. The van der Waals surface area contributed by atoms with Crippen molar-refractivity contribution >= 4 is 29.9 Å². The molecule has 0 bridgehead atoms. The molecule has 0 spiro atoms. The molecule has 0 unspecified atom stereocenters. The van der Waals surface area contributed by atoms with Crippen molar-refractivity contribution in [3.8, 4) is 0 Å². The number of hydrogen-bond acceptors (Lipinski definition) is 2. The number of carbonyl (C=O) groups excluding carboxylic acids is 1. The molecule has 0 aliphatic rings. The van der Waals surface area contributed by atoms with Gasteiger partial charge in [-0.05, 0) is 32.9 Å². The zero-order chi connectivity index (χ0) is 9.90. The van der Waals surface area contributed by atoms with Crippen LogP contribution in [-0.2, 0) is 4.74 Å². The van der Waals surface area contributed by atoms with Crippen LogP contribution in [0.3, 0.4) is 0 Å². The fourth-order valence-corrected chi connectivity index (χ4v) is 0.911. The van der Waals surface area contributed by atoms with E-state index in [1.165, 1.54) is 0 Å². The zero-order valence-electron chi connectivity index (χ0n) is 8.70. The largest absolute Gasteiger partial charge is 0.456 e. The van der Waals surface area contributed by atoms with Gasteiger partial charge in [-0.15, -0.1) is 0 Å². The SMILES string of the molecule is CC(C)(C)OC(=O)c1ccccc1.[Sn]. The van der Waals surface area contributed by atoms with Gasteiger partial charge in [-0.2, -0.15) is 0 Å². The maximum Gasteiger partial charge on any atom is 0.338 e. The summed E-state index contributed by atoms with van der Waals surface area (Å²) in [5.41, 5.74) is 0.171. The molecule has 2 nitrogen and oxygen atoms in total. The summed E-state index contributed by atoms with van der Waals surface area (Å²) < 4.78 is 5.18. The Bertz CT molecular complexity index is 288. The molecular formula is C11H14O2Sn. The van der Waals surface area contributed by atoms with Gasteiger partial charge in [0.15, 0.2) is 0 Å². The molecule has 3 heteroatoms. The van der Waals surface area contributed by atoms with Crippen LogP contribution in [0.25, 0.3) is 0 Å². The number of hydrogen-bond donors (Lipinski definition) is 0. The quantitative estimate of drug-likeness (QED) is 0.587. The summed E-state index contributed by atoms with van der Waals surface area (Å²) in [6.45, 7) is 5.56. The van der Waals surface area contributed by atoms with Crippen molar-refractivity contribution in [1.29, 1.82) is 0 Å². The van der Waals surface area contributed by atoms with E-state index in [2.05, 4.69) is 0 Å². The Hall–Kier alpha value is -0.511. The molecule has 74 valence electrons. The average molecular weight is 297 g/mol. The second-order valence-electron chi connectivity index (χ2n) is 3.87. The van der Waals surface area contributed by atoms with E-state index in [4.69, 9.17) is 4.74 Å². The molecule has 1 aromatic carbocycles. The minimum absolute atomic E-state index is 0. The molecule has 0 aliphatic heterocycles. The van der Waals surface area contributed by atoms with E-state index < -0.39 is 5.60 Å². The fourth-order valence-electron chi connectivity index (χ4n) is 0.911. The number of carbonyl (C=O) groups is 1. The van der Waals surface area contributed by atoms with Crippen LogP contribution in [-0.4, -0.2) is 35.5 Å². The first-order valence-corrected chi connectivity index (χ1v) is 4.27. The Kier molecular flexibility index (Phi) is 5.19.